The Morgan fingerprint density at radius 1 is 1.27 bits per heavy atom. The Labute approximate surface area is 130 Å². The zero-order valence-electron chi connectivity index (χ0n) is 12.6. The van der Waals surface area contributed by atoms with Crippen LogP contribution in [0.25, 0.3) is 10.9 Å². The molecule has 0 bridgehead atoms. The van der Waals surface area contributed by atoms with Crippen LogP contribution >= 0.6 is 0 Å². The molecule has 0 aliphatic heterocycles. The molecule has 1 heterocycles. The highest BCUT2D eigenvalue weighted by Gasteiger charge is 2.12. The predicted octanol–water partition coefficient (Wildman–Crippen LogP) is 1.13. The van der Waals surface area contributed by atoms with Gasteiger partial charge in [-0.05, 0) is 17.7 Å². The number of hydrogen-bond acceptors (Lipinski definition) is 4. The molecule has 22 heavy (non-hydrogen) atoms. The summed E-state index contributed by atoms with van der Waals surface area (Å²) in [5, 5.41) is 1.01. The number of carbonyl (C=O) groups is 1. The molecule has 2 rings (SSSR count). The van der Waals surface area contributed by atoms with E-state index >= 15 is 0 Å². The van der Waals surface area contributed by atoms with E-state index in [1.165, 1.54) is 0 Å². The first-order chi connectivity index (χ1) is 10.4. The summed E-state index contributed by atoms with van der Waals surface area (Å²) in [5.41, 5.74) is 1.90. The quantitative estimate of drug-likeness (QED) is 0.865. The van der Waals surface area contributed by atoms with Crippen molar-refractivity contribution in [3.8, 4) is 0 Å². The number of hydrogen-bond donors (Lipinski definition) is 1. The minimum absolute atomic E-state index is 0.110. The first-order valence-electron chi connectivity index (χ1n) is 6.88. The van der Waals surface area contributed by atoms with Gasteiger partial charge in [0.05, 0.1) is 11.8 Å². The molecular weight excluding hydrogens is 302 g/mol. The molecule has 0 spiro atoms. The second kappa shape index (κ2) is 6.85. The molecule has 0 radical (unpaired) electrons. The van der Waals surface area contributed by atoms with Gasteiger partial charge < -0.3 is 4.90 Å². The zero-order chi connectivity index (χ0) is 16.2. The molecule has 0 saturated carbocycles. The van der Waals surface area contributed by atoms with Crippen molar-refractivity contribution < 1.29 is 13.2 Å². The van der Waals surface area contributed by atoms with Crippen molar-refractivity contribution in [1.29, 1.82) is 0 Å². The molecule has 118 valence electrons. The molecule has 0 atom stereocenters. The molecule has 7 heteroatoms. The molecular formula is C15H19N3O3S. The number of rotatable bonds is 6. The maximum atomic E-state index is 12.0. The third-order valence-corrected chi connectivity index (χ3v) is 4.00. The van der Waals surface area contributed by atoms with Crippen LogP contribution in [0.3, 0.4) is 0 Å². The van der Waals surface area contributed by atoms with Crippen LogP contribution in [0, 0.1) is 0 Å². The summed E-state index contributed by atoms with van der Waals surface area (Å²) in [6.07, 6.45) is 2.94. The Kier molecular flexibility index (Phi) is 5.10. The normalized spacial score (nSPS) is 11.5. The average molecular weight is 321 g/mol. The van der Waals surface area contributed by atoms with Gasteiger partial charge in [-0.1, -0.05) is 18.2 Å². The number of nitrogens with one attached hydrogen (secondary N) is 1. The summed E-state index contributed by atoms with van der Waals surface area (Å²) >= 11 is 0. The van der Waals surface area contributed by atoms with Crippen molar-refractivity contribution in [2.45, 2.75) is 13.0 Å². The van der Waals surface area contributed by atoms with Crippen LogP contribution < -0.4 is 4.72 Å². The molecule has 1 aromatic carbocycles. The van der Waals surface area contributed by atoms with Crippen LogP contribution in [-0.2, 0) is 21.4 Å². The molecule has 0 aliphatic rings. The molecule has 6 nitrogen and oxygen atoms in total. The summed E-state index contributed by atoms with van der Waals surface area (Å²) in [6, 6.07) is 9.64. The third kappa shape index (κ3) is 4.51. The highest BCUT2D eigenvalue weighted by atomic mass is 32.2. The smallest absolute Gasteiger partial charge is 0.223 e. The number of fused-ring (bicyclic) bond motifs is 1. The van der Waals surface area contributed by atoms with Gasteiger partial charge in [-0.25, -0.2) is 13.1 Å². The van der Waals surface area contributed by atoms with Crippen molar-refractivity contribution in [1.82, 2.24) is 14.6 Å². The highest BCUT2D eigenvalue weighted by molar-refractivity contribution is 7.88. The van der Waals surface area contributed by atoms with Gasteiger partial charge in [0.2, 0.25) is 15.9 Å². The first-order valence-corrected chi connectivity index (χ1v) is 8.77. The van der Waals surface area contributed by atoms with Gasteiger partial charge in [0.15, 0.2) is 0 Å². The Morgan fingerprint density at radius 3 is 2.77 bits per heavy atom. The van der Waals surface area contributed by atoms with Crippen molar-refractivity contribution in [3.63, 3.8) is 0 Å². The van der Waals surface area contributed by atoms with Gasteiger partial charge >= 0.3 is 0 Å². The number of sulfonamides is 1. The van der Waals surface area contributed by atoms with E-state index in [0.29, 0.717) is 6.54 Å². The van der Waals surface area contributed by atoms with Crippen LogP contribution in [0.5, 0.6) is 0 Å². The number of benzene rings is 1. The van der Waals surface area contributed by atoms with Crippen molar-refractivity contribution >= 4 is 26.8 Å². The monoisotopic (exact) mass is 321 g/mol. The average Bonchev–Trinajstić information content (AvgIpc) is 2.46. The fourth-order valence-electron chi connectivity index (χ4n) is 2.18. The van der Waals surface area contributed by atoms with Crippen LogP contribution in [-0.4, -0.2) is 44.1 Å². The predicted molar refractivity (Wildman–Crippen MR) is 85.7 cm³/mol. The molecule has 1 N–H and O–H groups in total. The van der Waals surface area contributed by atoms with Crippen LogP contribution in [0.4, 0.5) is 0 Å². The van der Waals surface area contributed by atoms with Crippen LogP contribution in [0.1, 0.15) is 12.0 Å². The van der Waals surface area contributed by atoms with E-state index in [1.54, 1.807) is 18.1 Å². The van der Waals surface area contributed by atoms with E-state index in [1.807, 2.05) is 30.3 Å². The lowest BCUT2D eigenvalue weighted by Crippen LogP contribution is -2.31. The summed E-state index contributed by atoms with van der Waals surface area (Å²) in [5.74, 6) is -0.114. The van der Waals surface area contributed by atoms with Crippen LogP contribution in [0.15, 0.2) is 36.5 Å². The van der Waals surface area contributed by atoms with Gasteiger partial charge in [-0.3, -0.25) is 9.78 Å². The van der Waals surface area contributed by atoms with Crippen LogP contribution in [0.2, 0.25) is 0 Å². The van der Waals surface area contributed by atoms with Crippen molar-refractivity contribution in [2.75, 3.05) is 19.8 Å². The SMILES string of the molecule is CN(Cc1cccc2ncccc12)C(=O)CCNS(C)(=O)=O. The fourth-order valence-corrected chi connectivity index (χ4v) is 2.66. The van der Waals surface area contributed by atoms with E-state index in [-0.39, 0.29) is 18.9 Å². The minimum atomic E-state index is -3.26. The maximum absolute atomic E-state index is 12.0. The second-order valence-electron chi connectivity index (χ2n) is 5.15. The van der Waals surface area contributed by atoms with Crippen molar-refractivity contribution in [2.24, 2.45) is 0 Å². The van der Waals surface area contributed by atoms with E-state index in [4.69, 9.17) is 0 Å². The molecule has 0 aliphatic carbocycles. The second-order valence-corrected chi connectivity index (χ2v) is 6.99. The molecule has 1 aromatic heterocycles. The molecule has 0 unspecified atom stereocenters. The van der Waals surface area contributed by atoms with E-state index in [0.717, 1.165) is 22.7 Å². The lowest BCUT2D eigenvalue weighted by molar-refractivity contribution is -0.130. The highest BCUT2D eigenvalue weighted by Crippen LogP contribution is 2.17. The Bertz CT molecular complexity index is 769. The molecule has 2 aromatic rings. The standard InChI is InChI=1S/C15H19N3O3S/c1-18(15(19)8-10-17-22(2,20)21)11-12-5-3-7-14-13(12)6-4-9-16-14/h3-7,9,17H,8,10-11H2,1-2H3. The van der Waals surface area contributed by atoms with Gasteiger partial charge in [0, 0.05) is 38.1 Å². The summed E-state index contributed by atoms with van der Waals surface area (Å²) in [6.45, 7) is 0.569. The number of pyridine rings is 1. The lowest BCUT2D eigenvalue weighted by atomic mass is 10.1. The largest absolute Gasteiger partial charge is 0.341 e. The number of nitrogens with zero attached hydrogens (tertiary/aromatic N) is 2. The van der Waals surface area contributed by atoms with E-state index in [2.05, 4.69) is 9.71 Å². The molecule has 0 fully saturated rings. The van der Waals surface area contributed by atoms with Gasteiger partial charge in [0.25, 0.3) is 0 Å². The Balaban J connectivity index is 2.01. The first kappa shape index (κ1) is 16.4. The van der Waals surface area contributed by atoms with E-state index < -0.39 is 10.0 Å². The number of carbonyl (C=O) groups excluding carboxylic acids is 1. The van der Waals surface area contributed by atoms with Crippen molar-refractivity contribution in [3.05, 3.63) is 42.1 Å². The summed E-state index contributed by atoms with van der Waals surface area (Å²) < 4.78 is 24.3. The Morgan fingerprint density at radius 2 is 2.05 bits per heavy atom. The number of amides is 1. The third-order valence-electron chi connectivity index (χ3n) is 3.27. The summed E-state index contributed by atoms with van der Waals surface area (Å²) in [7, 11) is -1.56. The lowest BCUT2D eigenvalue weighted by Gasteiger charge is -2.18. The topological polar surface area (TPSA) is 79.4 Å². The van der Waals surface area contributed by atoms with Gasteiger partial charge in [0.1, 0.15) is 0 Å². The maximum Gasteiger partial charge on any atom is 0.223 e. The van der Waals surface area contributed by atoms with Gasteiger partial charge in [-0.15, -0.1) is 0 Å². The van der Waals surface area contributed by atoms with E-state index in [9.17, 15) is 13.2 Å². The Hall–Kier alpha value is -1.99. The number of aromatic nitrogens is 1. The molecule has 1 amide bonds. The summed E-state index contributed by atoms with van der Waals surface area (Å²) in [4.78, 5) is 17.9. The van der Waals surface area contributed by atoms with Gasteiger partial charge in [-0.2, -0.15) is 0 Å². The molecule has 0 saturated heterocycles. The zero-order valence-corrected chi connectivity index (χ0v) is 13.4. The fraction of sp³-hybridized carbons (Fsp3) is 0.333. The minimum Gasteiger partial charge on any atom is -0.341 e.